The number of carbonyl (C=O) groups is 1. The Balaban J connectivity index is 2.33. The molecule has 0 aliphatic rings. The molecule has 0 spiro atoms. The molecular weight excluding hydrogens is 283 g/mol. The molecule has 0 radical (unpaired) electrons. The van der Waals surface area contributed by atoms with E-state index in [1.165, 1.54) is 6.20 Å². The van der Waals surface area contributed by atoms with Crippen LogP contribution in [0.2, 0.25) is 0 Å². The minimum absolute atomic E-state index is 0.159. The lowest BCUT2D eigenvalue weighted by molar-refractivity contribution is 0.102. The van der Waals surface area contributed by atoms with Gasteiger partial charge in [0, 0.05) is 18.9 Å². The highest BCUT2D eigenvalue weighted by Gasteiger charge is 2.17. The van der Waals surface area contributed by atoms with Crippen LogP contribution >= 0.6 is 0 Å². The summed E-state index contributed by atoms with van der Waals surface area (Å²) in [7, 11) is 1.61. The van der Waals surface area contributed by atoms with E-state index in [9.17, 15) is 18.0 Å². The quantitative estimate of drug-likeness (QED) is 0.856. The number of nitrogens with zero attached hydrogens (tertiary/aromatic N) is 1. The fourth-order valence-electron chi connectivity index (χ4n) is 1.76. The molecule has 0 saturated carbocycles. The molecule has 21 heavy (non-hydrogen) atoms. The van der Waals surface area contributed by atoms with Crippen molar-refractivity contribution in [2.75, 3.05) is 17.7 Å². The average molecular weight is 295 g/mol. The largest absolute Gasteiger partial charge is 0.387 e. The average Bonchev–Trinajstić information content (AvgIpc) is 2.47. The van der Waals surface area contributed by atoms with E-state index in [0.29, 0.717) is 11.4 Å². The maximum atomic E-state index is 13.5. The first-order chi connectivity index (χ1) is 9.93. The Morgan fingerprint density at radius 3 is 2.52 bits per heavy atom. The third-order valence-corrected chi connectivity index (χ3v) is 2.84. The van der Waals surface area contributed by atoms with Crippen molar-refractivity contribution in [3.05, 3.63) is 53.1 Å². The Morgan fingerprint density at radius 2 is 1.86 bits per heavy atom. The van der Waals surface area contributed by atoms with Gasteiger partial charge in [-0.05, 0) is 25.1 Å². The molecular formula is C14H12F3N3O. The highest BCUT2D eigenvalue weighted by atomic mass is 19.2. The number of hydrogen-bond acceptors (Lipinski definition) is 3. The molecule has 2 N–H and O–H groups in total. The molecule has 0 saturated heterocycles. The summed E-state index contributed by atoms with van der Waals surface area (Å²) >= 11 is 0. The van der Waals surface area contributed by atoms with Crippen LogP contribution in [0.5, 0.6) is 0 Å². The molecule has 4 nitrogen and oxygen atoms in total. The van der Waals surface area contributed by atoms with Crippen LogP contribution in [0.4, 0.5) is 24.5 Å². The van der Waals surface area contributed by atoms with Crippen LogP contribution in [0.3, 0.4) is 0 Å². The van der Waals surface area contributed by atoms with Crippen molar-refractivity contribution in [1.29, 1.82) is 0 Å². The zero-order chi connectivity index (χ0) is 15.6. The van der Waals surface area contributed by atoms with Crippen LogP contribution in [0, 0.1) is 24.4 Å². The summed E-state index contributed by atoms with van der Waals surface area (Å²) in [6.45, 7) is 1.75. The normalized spacial score (nSPS) is 10.3. The molecule has 2 rings (SSSR count). The lowest BCUT2D eigenvalue weighted by atomic mass is 10.2. The van der Waals surface area contributed by atoms with E-state index in [2.05, 4.69) is 15.6 Å². The Bertz CT molecular complexity index is 704. The SMILES string of the molecule is CNc1cc(C)ncc1C(=O)Nc1ccc(F)c(F)c1F. The molecule has 0 bridgehead atoms. The van der Waals surface area contributed by atoms with Crippen molar-refractivity contribution in [1.82, 2.24) is 4.98 Å². The highest BCUT2D eigenvalue weighted by Crippen LogP contribution is 2.22. The van der Waals surface area contributed by atoms with Gasteiger partial charge in [0.15, 0.2) is 17.5 Å². The molecule has 7 heteroatoms. The summed E-state index contributed by atoms with van der Waals surface area (Å²) in [5, 5.41) is 5.00. The van der Waals surface area contributed by atoms with E-state index >= 15 is 0 Å². The van der Waals surface area contributed by atoms with Crippen LogP contribution in [-0.4, -0.2) is 17.9 Å². The maximum absolute atomic E-state index is 13.5. The Kier molecular flexibility index (Phi) is 4.11. The van der Waals surface area contributed by atoms with Crippen LogP contribution in [-0.2, 0) is 0 Å². The Morgan fingerprint density at radius 1 is 1.14 bits per heavy atom. The molecule has 1 amide bonds. The number of aryl methyl sites for hydroxylation is 1. The van der Waals surface area contributed by atoms with E-state index in [1.807, 2.05) is 0 Å². The third kappa shape index (κ3) is 2.96. The number of anilines is 2. The van der Waals surface area contributed by atoms with Crippen molar-refractivity contribution < 1.29 is 18.0 Å². The van der Waals surface area contributed by atoms with Crippen molar-refractivity contribution >= 4 is 17.3 Å². The zero-order valence-electron chi connectivity index (χ0n) is 11.3. The van der Waals surface area contributed by atoms with E-state index < -0.39 is 29.0 Å². The zero-order valence-corrected chi connectivity index (χ0v) is 11.3. The monoisotopic (exact) mass is 295 g/mol. The number of benzene rings is 1. The summed E-state index contributed by atoms with van der Waals surface area (Å²) in [5.74, 6) is -5.09. The standard InChI is InChI=1S/C14H12F3N3O/c1-7-5-11(18-2)8(6-19-7)14(21)20-10-4-3-9(15)12(16)13(10)17/h3-6H,1-2H3,(H,18,19)(H,20,21). The van der Waals surface area contributed by atoms with Gasteiger partial charge in [-0.15, -0.1) is 0 Å². The second-order valence-corrected chi connectivity index (χ2v) is 4.30. The number of rotatable bonds is 3. The first-order valence-electron chi connectivity index (χ1n) is 6.03. The number of halogens is 3. The fourth-order valence-corrected chi connectivity index (χ4v) is 1.76. The first kappa shape index (κ1) is 14.8. The van der Waals surface area contributed by atoms with E-state index in [-0.39, 0.29) is 5.56 Å². The fraction of sp³-hybridized carbons (Fsp3) is 0.143. The minimum atomic E-state index is -1.64. The van der Waals surface area contributed by atoms with Crippen LogP contribution in [0.1, 0.15) is 16.1 Å². The lowest BCUT2D eigenvalue weighted by Crippen LogP contribution is -2.16. The molecule has 0 fully saturated rings. The first-order valence-corrected chi connectivity index (χ1v) is 6.03. The Labute approximate surface area is 119 Å². The summed E-state index contributed by atoms with van der Waals surface area (Å²) < 4.78 is 39.5. The van der Waals surface area contributed by atoms with Gasteiger partial charge < -0.3 is 10.6 Å². The lowest BCUT2D eigenvalue weighted by Gasteiger charge is -2.11. The molecule has 1 heterocycles. The number of aromatic nitrogens is 1. The number of nitrogens with one attached hydrogen (secondary N) is 2. The smallest absolute Gasteiger partial charge is 0.259 e. The summed E-state index contributed by atoms with van der Waals surface area (Å²) in [5.41, 5.74) is 0.895. The highest BCUT2D eigenvalue weighted by molar-refractivity contribution is 6.07. The minimum Gasteiger partial charge on any atom is -0.387 e. The molecule has 110 valence electrons. The number of amides is 1. The summed E-state index contributed by atoms with van der Waals surface area (Å²) in [6, 6.07) is 3.32. The van der Waals surface area contributed by atoms with E-state index in [0.717, 1.165) is 12.1 Å². The number of hydrogen-bond donors (Lipinski definition) is 2. The van der Waals surface area contributed by atoms with Crippen molar-refractivity contribution in [3.63, 3.8) is 0 Å². The van der Waals surface area contributed by atoms with Gasteiger partial charge in [0.25, 0.3) is 5.91 Å². The van der Waals surface area contributed by atoms with Crippen LogP contribution < -0.4 is 10.6 Å². The molecule has 1 aromatic carbocycles. The summed E-state index contributed by atoms with van der Waals surface area (Å²) in [4.78, 5) is 16.1. The topological polar surface area (TPSA) is 54.0 Å². The molecule has 0 aliphatic carbocycles. The van der Waals surface area contributed by atoms with Gasteiger partial charge in [-0.25, -0.2) is 13.2 Å². The predicted molar refractivity (Wildman–Crippen MR) is 72.8 cm³/mol. The van der Waals surface area contributed by atoms with E-state index in [1.54, 1.807) is 20.0 Å². The van der Waals surface area contributed by atoms with Gasteiger partial charge >= 0.3 is 0 Å². The summed E-state index contributed by atoms with van der Waals surface area (Å²) in [6.07, 6.45) is 1.31. The van der Waals surface area contributed by atoms with Crippen LogP contribution in [0.25, 0.3) is 0 Å². The van der Waals surface area contributed by atoms with Gasteiger partial charge in [0.1, 0.15) is 0 Å². The van der Waals surface area contributed by atoms with Crippen molar-refractivity contribution in [2.45, 2.75) is 6.92 Å². The van der Waals surface area contributed by atoms with Crippen LogP contribution in [0.15, 0.2) is 24.4 Å². The van der Waals surface area contributed by atoms with Gasteiger partial charge in [-0.2, -0.15) is 0 Å². The predicted octanol–water partition coefficient (Wildman–Crippen LogP) is 3.10. The van der Waals surface area contributed by atoms with Gasteiger partial charge in [-0.1, -0.05) is 0 Å². The molecule has 1 aromatic heterocycles. The van der Waals surface area contributed by atoms with Gasteiger partial charge in [-0.3, -0.25) is 9.78 Å². The number of pyridine rings is 1. The molecule has 0 atom stereocenters. The second-order valence-electron chi connectivity index (χ2n) is 4.30. The van der Waals surface area contributed by atoms with E-state index in [4.69, 9.17) is 0 Å². The molecule has 2 aromatic rings. The molecule has 0 unspecified atom stereocenters. The second kappa shape index (κ2) is 5.82. The third-order valence-electron chi connectivity index (χ3n) is 2.84. The van der Waals surface area contributed by atoms with Gasteiger partial charge in [0.2, 0.25) is 0 Å². The Hall–Kier alpha value is -2.57. The maximum Gasteiger partial charge on any atom is 0.259 e. The van der Waals surface area contributed by atoms with Crippen molar-refractivity contribution in [2.24, 2.45) is 0 Å². The molecule has 0 aliphatic heterocycles. The van der Waals surface area contributed by atoms with Gasteiger partial charge in [0.05, 0.1) is 16.9 Å². The number of carbonyl (C=O) groups excluding carboxylic acids is 1. The van der Waals surface area contributed by atoms with Crippen molar-refractivity contribution in [3.8, 4) is 0 Å².